The summed E-state index contributed by atoms with van der Waals surface area (Å²) < 4.78 is 6.32. The zero-order chi connectivity index (χ0) is 12.6. The van der Waals surface area contributed by atoms with Gasteiger partial charge in [-0.05, 0) is 31.5 Å². The minimum Gasteiger partial charge on any atom is -0.482 e. The predicted octanol–water partition coefficient (Wildman–Crippen LogP) is 3.28. The summed E-state index contributed by atoms with van der Waals surface area (Å²) in [4.78, 5) is 3.64. The van der Waals surface area contributed by atoms with Crippen LogP contribution in [0.15, 0.2) is 29.2 Å². The van der Waals surface area contributed by atoms with Crippen molar-refractivity contribution in [3.05, 3.63) is 29.8 Å². The Kier molecular flexibility index (Phi) is 3.12. The average Bonchev–Trinajstić information content (AvgIpc) is 2.41. The van der Waals surface area contributed by atoms with Crippen molar-refractivity contribution in [2.45, 2.75) is 23.3 Å². The third kappa shape index (κ3) is 2.17. The number of fused-ring (bicyclic) bond motifs is 1. The van der Waals surface area contributed by atoms with Crippen LogP contribution in [-0.2, 0) is 0 Å². The van der Waals surface area contributed by atoms with Crippen molar-refractivity contribution < 1.29 is 4.74 Å². The zero-order valence-electron chi connectivity index (χ0n) is 11.0. The van der Waals surface area contributed by atoms with Crippen molar-refractivity contribution in [3.63, 3.8) is 0 Å². The second-order valence-corrected chi connectivity index (χ2v) is 6.09. The monoisotopic (exact) mass is 261 g/mol. The molecule has 0 N–H and O–H groups in total. The molecule has 0 unspecified atom stereocenters. The largest absolute Gasteiger partial charge is 0.482 e. The molecule has 1 fully saturated rings. The Morgan fingerprint density at radius 3 is 2.78 bits per heavy atom. The van der Waals surface area contributed by atoms with Gasteiger partial charge in [0.05, 0.1) is 0 Å². The van der Waals surface area contributed by atoms with E-state index >= 15 is 0 Å². The van der Waals surface area contributed by atoms with Crippen LogP contribution in [0.1, 0.15) is 18.4 Å². The van der Waals surface area contributed by atoms with Gasteiger partial charge in [-0.15, -0.1) is 11.8 Å². The quantitative estimate of drug-likeness (QED) is 0.720. The van der Waals surface area contributed by atoms with E-state index in [9.17, 15) is 0 Å². The number of likely N-dealkylation sites (tertiary alicyclic amines) is 1. The Bertz CT molecular complexity index is 475. The van der Waals surface area contributed by atoms with Gasteiger partial charge in [0.25, 0.3) is 0 Å². The number of thioether (sulfide) groups is 1. The molecule has 0 aromatic heterocycles. The summed E-state index contributed by atoms with van der Waals surface area (Å²) in [6, 6.07) is 6.48. The van der Waals surface area contributed by atoms with Crippen LogP contribution in [0.3, 0.4) is 0 Å². The molecule has 1 spiro atoms. The van der Waals surface area contributed by atoms with Crippen molar-refractivity contribution in [3.8, 4) is 5.75 Å². The number of ether oxygens (including phenoxy) is 1. The SMILES string of the molecule is CSc1ccc2c(c1)OC1(C=C2)CCN(C)CC1. The minimum atomic E-state index is -0.0590. The van der Waals surface area contributed by atoms with Crippen molar-refractivity contribution >= 4 is 17.8 Å². The van der Waals surface area contributed by atoms with E-state index in [2.05, 4.69) is 48.6 Å². The highest BCUT2D eigenvalue weighted by molar-refractivity contribution is 7.98. The molecule has 96 valence electrons. The molecule has 2 nitrogen and oxygen atoms in total. The van der Waals surface area contributed by atoms with Crippen LogP contribution in [0.2, 0.25) is 0 Å². The van der Waals surface area contributed by atoms with Gasteiger partial charge in [0.1, 0.15) is 11.4 Å². The Morgan fingerprint density at radius 2 is 2.06 bits per heavy atom. The number of hydrogen-bond acceptors (Lipinski definition) is 3. The van der Waals surface area contributed by atoms with Gasteiger partial charge in [-0.1, -0.05) is 12.1 Å². The maximum Gasteiger partial charge on any atom is 0.130 e. The molecule has 1 aromatic rings. The first kappa shape index (κ1) is 12.1. The second-order valence-electron chi connectivity index (χ2n) is 5.21. The van der Waals surface area contributed by atoms with Crippen molar-refractivity contribution in [2.24, 2.45) is 0 Å². The fraction of sp³-hybridized carbons (Fsp3) is 0.467. The fourth-order valence-corrected chi connectivity index (χ4v) is 3.06. The van der Waals surface area contributed by atoms with Gasteiger partial charge in [-0.3, -0.25) is 0 Å². The minimum absolute atomic E-state index is 0.0590. The van der Waals surface area contributed by atoms with Crippen molar-refractivity contribution in [1.82, 2.24) is 4.90 Å². The maximum absolute atomic E-state index is 6.32. The molecular weight excluding hydrogens is 242 g/mol. The molecule has 18 heavy (non-hydrogen) atoms. The fourth-order valence-electron chi connectivity index (χ4n) is 2.63. The lowest BCUT2D eigenvalue weighted by molar-refractivity contribution is 0.0471. The molecule has 2 aliphatic heterocycles. The van der Waals surface area contributed by atoms with Crippen molar-refractivity contribution in [1.29, 1.82) is 0 Å². The molecule has 2 heterocycles. The van der Waals surface area contributed by atoms with Gasteiger partial charge in [0, 0.05) is 36.4 Å². The Balaban J connectivity index is 1.88. The van der Waals surface area contributed by atoms with Gasteiger partial charge in [-0.25, -0.2) is 0 Å². The number of nitrogens with zero attached hydrogens (tertiary/aromatic N) is 1. The first-order valence-electron chi connectivity index (χ1n) is 6.46. The number of hydrogen-bond donors (Lipinski definition) is 0. The van der Waals surface area contributed by atoms with Crippen LogP contribution in [0, 0.1) is 0 Å². The number of piperidine rings is 1. The molecule has 0 amide bonds. The van der Waals surface area contributed by atoms with Gasteiger partial charge < -0.3 is 9.64 Å². The van der Waals surface area contributed by atoms with Gasteiger partial charge in [0.15, 0.2) is 0 Å². The first-order valence-corrected chi connectivity index (χ1v) is 7.68. The lowest BCUT2D eigenvalue weighted by Crippen LogP contribution is -2.46. The Hall–Kier alpha value is -0.930. The van der Waals surface area contributed by atoms with Gasteiger partial charge >= 0.3 is 0 Å². The molecular formula is C15H19NOS. The predicted molar refractivity (Wildman–Crippen MR) is 77.3 cm³/mol. The summed E-state index contributed by atoms with van der Waals surface area (Å²) in [6.07, 6.45) is 8.77. The van der Waals surface area contributed by atoms with Crippen LogP contribution in [-0.4, -0.2) is 36.9 Å². The van der Waals surface area contributed by atoms with E-state index < -0.39 is 0 Å². The van der Waals surface area contributed by atoms with Crippen LogP contribution in [0.5, 0.6) is 5.75 Å². The van der Waals surface area contributed by atoms with E-state index in [-0.39, 0.29) is 5.60 Å². The smallest absolute Gasteiger partial charge is 0.130 e. The summed E-state index contributed by atoms with van der Waals surface area (Å²) in [7, 11) is 2.18. The van der Waals surface area contributed by atoms with E-state index in [0.717, 1.165) is 31.7 Å². The Morgan fingerprint density at radius 1 is 1.28 bits per heavy atom. The van der Waals surface area contributed by atoms with Crippen LogP contribution in [0.4, 0.5) is 0 Å². The summed E-state index contributed by atoms with van der Waals surface area (Å²) in [5.74, 6) is 1.05. The maximum atomic E-state index is 6.32. The number of rotatable bonds is 1. The lowest BCUT2D eigenvalue weighted by atomic mass is 9.88. The lowest BCUT2D eigenvalue weighted by Gasteiger charge is -2.40. The molecule has 3 rings (SSSR count). The first-order chi connectivity index (χ1) is 8.71. The van der Waals surface area contributed by atoms with Gasteiger partial charge in [-0.2, -0.15) is 0 Å². The topological polar surface area (TPSA) is 12.5 Å². The van der Waals surface area contributed by atoms with E-state index in [0.29, 0.717) is 0 Å². The van der Waals surface area contributed by atoms with Crippen LogP contribution < -0.4 is 4.74 Å². The highest BCUT2D eigenvalue weighted by Crippen LogP contribution is 2.38. The Labute approximate surface area is 113 Å². The van der Waals surface area contributed by atoms with E-state index in [1.165, 1.54) is 10.5 Å². The summed E-state index contributed by atoms with van der Waals surface area (Å²) >= 11 is 1.76. The summed E-state index contributed by atoms with van der Waals surface area (Å²) in [5.41, 5.74) is 1.15. The molecule has 1 aromatic carbocycles. The summed E-state index contributed by atoms with van der Waals surface area (Å²) in [5, 5.41) is 0. The third-order valence-corrected chi connectivity index (χ3v) is 4.66. The third-order valence-electron chi connectivity index (χ3n) is 3.93. The molecule has 2 aliphatic rings. The van der Waals surface area contributed by atoms with E-state index in [1.54, 1.807) is 11.8 Å². The van der Waals surface area contributed by atoms with Crippen LogP contribution >= 0.6 is 11.8 Å². The van der Waals surface area contributed by atoms with E-state index in [1.807, 2.05) is 0 Å². The van der Waals surface area contributed by atoms with Crippen molar-refractivity contribution in [2.75, 3.05) is 26.4 Å². The zero-order valence-corrected chi connectivity index (χ0v) is 11.8. The molecule has 1 saturated heterocycles. The standard InChI is InChI=1S/C15H19NOS/c1-16-9-7-15(8-10-16)6-5-12-3-4-13(18-2)11-14(12)17-15/h3-6,11H,7-10H2,1-2H3. The molecule has 0 saturated carbocycles. The summed E-state index contributed by atoms with van der Waals surface area (Å²) in [6.45, 7) is 2.23. The molecule has 0 radical (unpaired) electrons. The number of benzene rings is 1. The highest BCUT2D eigenvalue weighted by atomic mass is 32.2. The highest BCUT2D eigenvalue weighted by Gasteiger charge is 2.35. The van der Waals surface area contributed by atoms with E-state index in [4.69, 9.17) is 4.74 Å². The molecule has 0 bridgehead atoms. The normalized spacial score (nSPS) is 21.7. The van der Waals surface area contributed by atoms with Crippen LogP contribution in [0.25, 0.3) is 6.08 Å². The molecule has 0 atom stereocenters. The molecule has 0 aliphatic carbocycles. The van der Waals surface area contributed by atoms with Gasteiger partial charge in [0.2, 0.25) is 0 Å². The molecule has 3 heteroatoms. The average molecular weight is 261 g/mol. The second kappa shape index (κ2) is 4.63.